The van der Waals surface area contributed by atoms with Gasteiger partial charge < -0.3 is 39.8 Å². The van der Waals surface area contributed by atoms with E-state index in [4.69, 9.17) is 13.8 Å². The summed E-state index contributed by atoms with van der Waals surface area (Å²) in [6.07, 6.45) is 6.59. The second-order valence-electron chi connectivity index (χ2n) is 13.3. The maximum atomic E-state index is 14.1. The number of ether oxygens (including phenoxy) is 1. The zero-order valence-corrected chi connectivity index (χ0v) is 29.8. The highest BCUT2D eigenvalue weighted by Crippen LogP contribution is 2.49. The normalized spacial score (nSPS) is 16.7. The summed E-state index contributed by atoms with van der Waals surface area (Å²) in [5.41, 5.74) is 0.604. The number of aromatic nitrogens is 2. The Morgan fingerprint density at radius 2 is 1.58 bits per heavy atom. The Morgan fingerprint density at radius 1 is 0.958 bits per heavy atom. The van der Waals surface area contributed by atoms with Crippen LogP contribution in [0, 0.1) is 5.92 Å². The predicted molar refractivity (Wildman–Crippen MR) is 182 cm³/mol. The summed E-state index contributed by atoms with van der Waals surface area (Å²) in [7, 11) is -3.63. The van der Waals surface area contributed by atoms with Gasteiger partial charge >= 0.3 is 13.7 Å². The van der Waals surface area contributed by atoms with Crippen molar-refractivity contribution in [1.29, 1.82) is 0 Å². The van der Waals surface area contributed by atoms with Crippen molar-refractivity contribution in [3.8, 4) is 0 Å². The number of amides is 3. The van der Waals surface area contributed by atoms with E-state index in [0.29, 0.717) is 12.1 Å². The van der Waals surface area contributed by atoms with Crippen molar-refractivity contribution in [3.05, 3.63) is 54.1 Å². The van der Waals surface area contributed by atoms with E-state index >= 15 is 0 Å². The Balaban J connectivity index is 1.86. The second kappa shape index (κ2) is 19.1. The summed E-state index contributed by atoms with van der Waals surface area (Å²) in [6.45, 7) is 8.86. The van der Waals surface area contributed by atoms with Crippen LogP contribution in [0.2, 0.25) is 0 Å². The molecule has 3 amide bonds. The van der Waals surface area contributed by atoms with Crippen LogP contribution in [0.15, 0.2) is 42.9 Å². The Morgan fingerprint density at radius 3 is 2.17 bits per heavy atom. The van der Waals surface area contributed by atoms with Crippen molar-refractivity contribution in [2.24, 2.45) is 5.92 Å². The van der Waals surface area contributed by atoms with E-state index in [2.05, 4.69) is 25.9 Å². The number of carbonyl (C=O) groups excluding carboxylic acids is 3. The number of aliphatic hydroxyl groups is 1. The van der Waals surface area contributed by atoms with Gasteiger partial charge in [-0.05, 0) is 52.5 Å². The monoisotopic (exact) mass is 691 g/mol. The first kappa shape index (κ1) is 39.2. The molecule has 1 aromatic heterocycles. The molecule has 0 aliphatic heterocycles. The third kappa shape index (κ3) is 13.7. The first-order valence-electron chi connectivity index (χ1n) is 17.0. The van der Waals surface area contributed by atoms with Crippen LogP contribution in [0.1, 0.15) is 84.4 Å². The molecule has 2 aromatic rings. The number of benzene rings is 1. The largest absolute Gasteiger partial charge is 0.444 e. The summed E-state index contributed by atoms with van der Waals surface area (Å²) >= 11 is 0. The maximum Gasteiger partial charge on any atom is 0.408 e. The topological polar surface area (TPSA) is 181 Å². The smallest absolute Gasteiger partial charge is 0.408 e. The maximum absolute atomic E-state index is 14.1. The van der Waals surface area contributed by atoms with Gasteiger partial charge in [0, 0.05) is 24.7 Å². The van der Waals surface area contributed by atoms with Gasteiger partial charge in [-0.25, -0.2) is 9.78 Å². The fourth-order valence-corrected chi connectivity index (χ4v) is 7.66. The third-order valence-electron chi connectivity index (χ3n) is 8.07. The van der Waals surface area contributed by atoms with Crippen LogP contribution in [0.5, 0.6) is 0 Å². The molecule has 3 rings (SSSR count). The number of H-pyrrole nitrogens is 1. The molecule has 0 saturated heterocycles. The molecule has 1 aliphatic carbocycles. The molecule has 14 heteroatoms. The van der Waals surface area contributed by atoms with Gasteiger partial charge in [-0.1, -0.05) is 62.4 Å². The molecule has 4 atom stereocenters. The van der Waals surface area contributed by atoms with Gasteiger partial charge in [0.15, 0.2) is 0 Å². The molecular formula is C34H54N5O8P. The van der Waals surface area contributed by atoms with Crippen LogP contribution in [0.4, 0.5) is 4.79 Å². The minimum absolute atomic E-state index is 0.0602. The van der Waals surface area contributed by atoms with E-state index in [0.717, 1.165) is 37.7 Å². The predicted octanol–water partition coefficient (Wildman–Crippen LogP) is 4.66. The molecule has 1 saturated carbocycles. The number of imidazole rings is 1. The molecule has 5 N–H and O–H groups in total. The molecule has 0 spiro atoms. The number of aromatic amines is 1. The number of aliphatic hydroxyl groups excluding tert-OH is 1. The zero-order valence-electron chi connectivity index (χ0n) is 28.9. The van der Waals surface area contributed by atoms with E-state index in [1.165, 1.54) is 6.33 Å². The van der Waals surface area contributed by atoms with Gasteiger partial charge in [-0.3, -0.25) is 14.2 Å². The standard InChI is InChI=1S/C34H54N5O8P/c1-6-45-48(44,46-7-2)22-30(40)27(18-24-14-10-8-11-15-24)37-32(42)29(20-26-21-35-23-36-26)38-31(41)28(19-25-16-12-9-13-17-25)39-33(43)47-34(3,4)5/h9,12-13,16-17,21,23-24,27-30,40H,6-8,10-11,14-15,18-20,22H2,1-5H3,(H,35,36)(H,37,42)(H,38,41)(H,39,43)/t27-,28-,29-,30-/m0/s1. The molecular weight excluding hydrogens is 637 g/mol. The Labute approximate surface area is 284 Å². The molecule has 0 bridgehead atoms. The number of hydrogen-bond acceptors (Lipinski definition) is 9. The zero-order chi connectivity index (χ0) is 35.2. The highest BCUT2D eigenvalue weighted by atomic mass is 31.2. The molecule has 1 fully saturated rings. The van der Waals surface area contributed by atoms with Crippen LogP contribution in [-0.4, -0.2) is 82.2 Å². The molecule has 1 heterocycles. The molecule has 48 heavy (non-hydrogen) atoms. The van der Waals surface area contributed by atoms with Gasteiger partial charge in [0.2, 0.25) is 11.8 Å². The lowest BCUT2D eigenvalue weighted by molar-refractivity contribution is -0.130. The third-order valence-corrected chi connectivity index (χ3v) is 10.2. The van der Waals surface area contributed by atoms with Gasteiger partial charge in [-0.15, -0.1) is 0 Å². The van der Waals surface area contributed by atoms with E-state index < -0.39 is 55.3 Å². The Bertz CT molecular complexity index is 1300. The second-order valence-corrected chi connectivity index (χ2v) is 15.4. The summed E-state index contributed by atoms with van der Waals surface area (Å²) in [6, 6.07) is 6.24. The van der Waals surface area contributed by atoms with Gasteiger partial charge in [-0.2, -0.15) is 0 Å². The first-order chi connectivity index (χ1) is 22.8. The highest BCUT2D eigenvalue weighted by molar-refractivity contribution is 7.53. The number of nitrogens with zero attached hydrogens (tertiary/aromatic N) is 1. The summed E-state index contributed by atoms with van der Waals surface area (Å²) in [5.74, 6) is -0.881. The quantitative estimate of drug-likeness (QED) is 0.139. The summed E-state index contributed by atoms with van der Waals surface area (Å²) in [4.78, 5) is 47.7. The number of alkyl carbamates (subject to hydrolysis) is 1. The van der Waals surface area contributed by atoms with E-state index in [1.807, 2.05) is 30.3 Å². The number of hydrogen-bond donors (Lipinski definition) is 5. The lowest BCUT2D eigenvalue weighted by atomic mass is 9.83. The lowest BCUT2D eigenvalue weighted by Gasteiger charge is -2.32. The van der Waals surface area contributed by atoms with Crippen LogP contribution in [-0.2, 0) is 40.8 Å². The molecule has 1 aromatic carbocycles. The minimum atomic E-state index is -3.63. The summed E-state index contributed by atoms with van der Waals surface area (Å²) < 4.78 is 29.7. The Kier molecular flexibility index (Phi) is 15.6. The van der Waals surface area contributed by atoms with Gasteiger partial charge in [0.1, 0.15) is 17.7 Å². The molecule has 0 unspecified atom stereocenters. The van der Waals surface area contributed by atoms with Crippen molar-refractivity contribution >= 4 is 25.5 Å². The lowest BCUT2D eigenvalue weighted by Crippen LogP contribution is -2.58. The van der Waals surface area contributed by atoms with E-state index in [1.54, 1.807) is 40.8 Å². The average Bonchev–Trinajstić information content (AvgIpc) is 3.53. The van der Waals surface area contributed by atoms with Crippen molar-refractivity contribution in [2.75, 3.05) is 19.4 Å². The average molecular weight is 692 g/mol. The molecule has 13 nitrogen and oxygen atoms in total. The Hall–Kier alpha value is -3.25. The number of rotatable bonds is 18. The van der Waals surface area contributed by atoms with Crippen molar-refractivity contribution in [3.63, 3.8) is 0 Å². The van der Waals surface area contributed by atoms with Crippen molar-refractivity contribution in [2.45, 2.75) is 116 Å². The van der Waals surface area contributed by atoms with Gasteiger partial charge in [0.25, 0.3) is 0 Å². The van der Waals surface area contributed by atoms with E-state index in [-0.39, 0.29) is 38.1 Å². The van der Waals surface area contributed by atoms with E-state index in [9.17, 15) is 24.1 Å². The van der Waals surface area contributed by atoms with Crippen LogP contribution in [0.25, 0.3) is 0 Å². The minimum Gasteiger partial charge on any atom is -0.444 e. The molecule has 0 radical (unpaired) electrons. The highest BCUT2D eigenvalue weighted by Gasteiger charge is 2.36. The van der Waals surface area contributed by atoms with Crippen molar-refractivity contribution in [1.82, 2.24) is 25.9 Å². The SMILES string of the molecule is CCOP(=O)(C[C@H](O)[C@H](CC1CCCCC1)NC(=O)[C@H](Cc1cnc[nH]1)NC(=O)[C@H](Cc1ccccc1)NC(=O)OC(C)(C)C)OCC. The molecule has 268 valence electrons. The first-order valence-corrected chi connectivity index (χ1v) is 18.7. The van der Waals surface area contributed by atoms with Crippen LogP contribution < -0.4 is 16.0 Å². The summed E-state index contributed by atoms with van der Waals surface area (Å²) in [5, 5.41) is 19.9. The number of carbonyl (C=O) groups is 3. The van der Waals surface area contributed by atoms with Crippen LogP contribution >= 0.6 is 7.60 Å². The van der Waals surface area contributed by atoms with Crippen LogP contribution in [0.3, 0.4) is 0 Å². The van der Waals surface area contributed by atoms with Gasteiger partial charge in [0.05, 0.1) is 37.8 Å². The molecule has 1 aliphatic rings. The fourth-order valence-electron chi connectivity index (χ4n) is 5.88. The fraction of sp³-hybridized carbons (Fsp3) is 0.647. The number of nitrogens with one attached hydrogen (secondary N) is 4. The van der Waals surface area contributed by atoms with Crippen molar-refractivity contribution < 1.29 is 37.8 Å².